The number of rotatable bonds is 17. The largest absolute Gasteiger partial charge is 0.490 e. The molecule has 0 unspecified atom stereocenters. The van der Waals surface area contributed by atoms with Crippen LogP contribution in [-0.2, 0) is 30.3 Å². The molecular weight excluding hydrogens is 710 g/mol. The molecule has 6 rings (SSSR count). The van der Waals surface area contributed by atoms with Gasteiger partial charge in [-0.1, -0.05) is 53.6 Å². The Morgan fingerprint density at radius 1 is 0.963 bits per heavy atom. The fraction of sp³-hybridized carbons (Fsp3) is 0.429. The van der Waals surface area contributed by atoms with E-state index in [1.54, 1.807) is 4.90 Å². The summed E-state index contributed by atoms with van der Waals surface area (Å²) in [5.41, 5.74) is 7.03. The molecule has 11 nitrogen and oxygen atoms in total. The van der Waals surface area contributed by atoms with Crippen LogP contribution in [0.2, 0.25) is 5.02 Å². The topological polar surface area (TPSA) is 135 Å². The highest BCUT2D eigenvalue weighted by Crippen LogP contribution is 2.37. The number of carboxylic acids is 1. The molecule has 3 atom stereocenters. The smallest absolute Gasteiger partial charge is 0.307 e. The summed E-state index contributed by atoms with van der Waals surface area (Å²) in [5.74, 6) is -0.240. The minimum Gasteiger partial charge on any atom is -0.490 e. The van der Waals surface area contributed by atoms with E-state index in [1.807, 2.05) is 55.1 Å². The third-order valence-electron chi connectivity index (χ3n) is 10.4. The molecule has 2 bridgehead atoms. The first-order chi connectivity index (χ1) is 26.0. The molecule has 54 heavy (non-hydrogen) atoms. The van der Waals surface area contributed by atoms with Crippen molar-refractivity contribution in [3.05, 3.63) is 99.1 Å². The van der Waals surface area contributed by atoms with E-state index >= 15 is 0 Å². The number of ether oxygens (including phenoxy) is 3. The molecule has 286 valence electrons. The number of carbonyl (C=O) groups excluding carboxylic acids is 3. The predicted octanol–water partition coefficient (Wildman–Crippen LogP) is 5.69. The summed E-state index contributed by atoms with van der Waals surface area (Å²) in [4.78, 5) is 54.3. The van der Waals surface area contributed by atoms with E-state index in [4.69, 9.17) is 25.8 Å². The van der Waals surface area contributed by atoms with Gasteiger partial charge in [-0.2, -0.15) is 0 Å². The van der Waals surface area contributed by atoms with Gasteiger partial charge >= 0.3 is 5.97 Å². The average molecular weight is 758 g/mol. The van der Waals surface area contributed by atoms with Crippen LogP contribution in [0.3, 0.4) is 0 Å². The number of nitrogens with zero attached hydrogens (tertiary/aromatic N) is 2. The number of aryl methyl sites for hydroxylation is 3. The van der Waals surface area contributed by atoms with Crippen LogP contribution in [0.25, 0.3) is 5.57 Å². The van der Waals surface area contributed by atoms with Crippen molar-refractivity contribution in [1.82, 2.24) is 15.1 Å². The molecule has 2 heterocycles. The first kappa shape index (κ1) is 38.8. The van der Waals surface area contributed by atoms with Crippen LogP contribution in [0, 0.1) is 20.8 Å². The van der Waals surface area contributed by atoms with Gasteiger partial charge in [0.2, 0.25) is 5.91 Å². The van der Waals surface area contributed by atoms with E-state index in [0.29, 0.717) is 54.8 Å². The molecule has 12 heteroatoms. The van der Waals surface area contributed by atoms with Crippen LogP contribution in [0.1, 0.15) is 59.9 Å². The number of nitrogens with one attached hydrogen (secondary N) is 1. The number of amides is 2. The Morgan fingerprint density at radius 2 is 1.67 bits per heavy atom. The number of hydrogen-bond acceptors (Lipinski definition) is 8. The minimum atomic E-state index is -1.16. The summed E-state index contributed by atoms with van der Waals surface area (Å²) in [6.07, 6.45) is 1.33. The quantitative estimate of drug-likeness (QED) is 0.132. The Labute approximate surface area is 321 Å². The maximum atomic E-state index is 14.8. The van der Waals surface area contributed by atoms with Gasteiger partial charge in [-0.05, 0) is 98.5 Å². The maximum absolute atomic E-state index is 14.8. The first-order valence-corrected chi connectivity index (χ1v) is 18.9. The summed E-state index contributed by atoms with van der Waals surface area (Å²) in [7, 11) is 0. The number of benzene rings is 3. The summed E-state index contributed by atoms with van der Waals surface area (Å²) < 4.78 is 16.8. The standard InChI is InChI=1S/C42H48ClN3O8/c1-26-4-6-29(7-5-26)14-15-46(32-10-11-32)42(51)41-35(20-31-23-45(24-37(41)44-31)39(48)21-34(54-25-47)22-40(49)50)30-8-12-33(13-9-30)52-16-17-53-38-19-28(3)27(2)18-36(38)43/h4-9,12-13,18-19,25,31-32,34,37,44H,10-11,14-17,20-24H2,1-3H3,(H,49,50)/t31-,34+,37-/m1/s1. The number of fused-ring (bicyclic) bond motifs is 2. The SMILES string of the molecule is Cc1ccc(CCN(C(=O)C2=C(c3ccc(OCCOc4cc(C)c(C)cc4Cl)cc3)C[C@@H]3CN(C(=O)C[C@@H](CC(=O)O)OC=O)C[C@H]2N3)C2CC2)cc1. The highest BCUT2D eigenvalue weighted by atomic mass is 35.5. The van der Waals surface area contributed by atoms with Crippen molar-refractivity contribution in [2.45, 2.75) is 83.5 Å². The van der Waals surface area contributed by atoms with Crippen molar-refractivity contribution in [2.75, 3.05) is 32.8 Å². The molecule has 2 fully saturated rings. The monoisotopic (exact) mass is 757 g/mol. The second-order valence-corrected chi connectivity index (χ2v) is 14.9. The van der Waals surface area contributed by atoms with Gasteiger partial charge in [0.05, 0.1) is 23.9 Å². The van der Waals surface area contributed by atoms with E-state index in [-0.39, 0.29) is 43.3 Å². The molecular formula is C42H48ClN3O8. The van der Waals surface area contributed by atoms with Crippen LogP contribution in [0.4, 0.5) is 0 Å². The van der Waals surface area contributed by atoms with Gasteiger partial charge in [-0.15, -0.1) is 0 Å². The van der Waals surface area contributed by atoms with Crippen molar-refractivity contribution >= 4 is 41.4 Å². The number of halogens is 1. The number of hydrogen-bond donors (Lipinski definition) is 2. The third kappa shape index (κ3) is 9.81. The Kier molecular flexibility index (Phi) is 12.6. The van der Waals surface area contributed by atoms with Gasteiger partial charge in [0, 0.05) is 37.3 Å². The molecule has 2 N–H and O–H groups in total. The van der Waals surface area contributed by atoms with Gasteiger partial charge in [-0.3, -0.25) is 19.2 Å². The fourth-order valence-corrected chi connectivity index (χ4v) is 7.53. The summed E-state index contributed by atoms with van der Waals surface area (Å²) >= 11 is 6.36. The van der Waals surface area contributed by atoms with Crippen LogP contribution >= 0.6 is 11.6 Å². The second-order valence-electron chi connectivity index (χ2n) is 14.5. The van der Waals surface area contributed by atoms with Gasteiger partial charge in [0.1, 0.15) is 30.8 Å². The number of piperazine rings is 1. The van der Waals surface area contributed by atoms with Crippen LogP contribution in [-0.4, -0.2) is 96.2 Å². The molecule has 1 aliphatic carbocycles. The summed E-state index contributed by atoms with van der Waals surface area (Å²) in [6.45, 7) is 8.04. The zero-order valence-electron chi connectivity index (χ0n) is 31.0. The minimum absolute atomic E-state index is 0.0413. The lowest BCUT2D eigenvalue weighted by atomic mass is 9.82. The average Bonchev–Trinajstić information content (AvgIpc) is 3.98. The number of carbonyl (C=O) groups is 4. The fourth-order valence-electron chi connectivity index (χ4n) is 7.26. The van der Waals surface area contributed by atoms with Crippen LogP contribution in [0.5, 0.6) is 11.5 Å². The van der Waals surface area contributed by atoms with Crippen molar-refractivity contribution < 1.29 is 38.5 Å². The van der Waals surface area contributed by atoms with Crippen molar-refractivity contribution in [1.29, 1.82) is 0 Å². The van der Waals surface area contributed by atoms with Crippen molar-refractivity contribution in [3.8, 4) is 11.5 Å². The van der Waals surface area contributed by atoms with Gasteiger partial charge in [-0.25, -0.2) is 0 Å². The van der Waals surface area contributed by atoms with Crippen molar-refractivity contribution in [2.24, 2.45) is 0 Å². The first-order valence-electron chi connectivity index (χ1n) is 18.6. The molecule has 0 radical (unpaired) electrons. The lowest BCUT2D eigenvalue weighted by Crippen LogP contribution is -2.62. The van der Waals surface area contributed by atoms with Gasteiger partial charge < -0.3 is 34.4 Å². The molecule has 1 saturated carbocycles. The van der Waals surface area contributed by atoms with Gasteiger partial charge in [0.15, 0.2) is 0 Å². The van der Waals surface area contributed by atoms with Gasteiger partial charge in [0.25, 0.3) is 12.4 Å². The maximum Gasteiger partial charge on any atom is 0.307 e. The lowest BCUT2D eigenvalue weighted by Gasteiger charge is -2.45. The normalized spacial score (nSPS) is 18.5. The number of carboxylic acid groups (broad SMARTS) is 1. The van der Waals surface area contributed by atoms with E-state index < -0.39 is 24.5 Å². The molecule has 3 aliphatic rings. The lowest BCUT2D eigenvalue weighted by molar-refractivity contribution is -0.147. The van der Waals surface area contributed by atoms with Crippen molar-refractivity contribution in [3.63, 3.8) is 0 Å². The summed E-state index contributed by atoms with van der Waals surface area (Å²) in [6, 6.07) is 19.5. The van der Waals surface area contributed by atoms with Crippen LogP contribution in [0.15, 0.2) is 66.2 Å². The molecule has 2 aliphatic heterocycles. The Balaban J connectivity index is 1.21. The Bertz CT molecular complexity index is 1880. The molecule has 3 aromatic rings. The van der Waals surface area contributed by atoms with E-state index in [9.17, 15) is 24.3 Å². The molecule has 3 aromatic carbocycles. The predicted molar refractivity (Wildman–Crippen MR) is 205 cm³/mol. The highest BCUT2D eigenvalue weighted by molar-refractivity contribution is 6.32. The third-order valence-corrected chi connectivity index (χ3v) is 10.7. The Morgan fingerprint density at radius 3 is 2.35 bits per heavy atom. The number of aliphatic carboxylic acids is 1. The zero-order valence-corrected chi connectivity index (χ0v) is 31.8. The zero-order chi connectivity index (χ0) is 38.4. The molecule has 1 saturated heterocycles. The van der Waals surface area contributed by atoms with E-state index in [2.05, 4.69) is 36.5 Å². The molecule has 0 aromatic heterocycles. The molecule has 2 amide bonds. The summed E-state index contributed by atoms with van der Waals surface area (Å²) in [5, 5.41) is 13.4. The van der Waals surface area contributed by atoms with E-state index in [0.717, 1.165) is 47.1 Å². The molecule has 0 spiro atoms. The second kappa shape index (κ2) is 17.5. The Hall–Kier alpha value is -4.87. The highest BCUT2D eigenvalue weighted by Gasteiger charge is 2.43. The van der Waals surface area contributed by atoms with Crippen LogP contribution < -0.4 is 14.8 Å². The van der Waals surface area contributed by atoms with E-state index in [1.165, 1.54) is 5.56 Å².